The van der Waals surface area contributed by atoms with Crippen LogP contribution in [0.15, 0.2) is 59.5 Å². The number of amides is 1. The van der Waals surface area contributed by atoms with Crippen molar-refractivity contribution in [2.45, 2.75) is 37.8 Å². The van der Waals surface area contributed by atoms with Gasteiger partial charge >= 0.3 is 0 Å². The molecule has 0 saturated heterocycles. The molecule has 0 N–H and O–H groups in total. The van der Waals surface area contributed by atoms with E-state index >= 15 is 0 Å². The summed E-state index contributed by atoms with van der Waals surface area (Å²) < 4.78 is 25.9. The zero-order valence-corrected chi connectivity index (χ0v) is 16.5. The highest BCUT2D eigenvalue weighted by atomic mass is 32.2. The van der Waals surface area contributed by atoms with Gasteiger partial charge in [0, 0.05) is 32.2 Å². The Morgan fingerprint density at radius 2 is 1.69 bits per heavy atom. The molecule has 0 spiro atoms. The van der Waals surface area contributed by atoms with Gasteiger partial charge in [-0.25, -0.2) is 12.7 Å². The maximum absolute atomic E-state index is 13.1. The van der Waals surface area contributed by atoms with Crippen LogP contribution in [0.3, 0.4) is 0 Å². The smallest absolute Gasteiger partial charge is 0.254 e. The Morgan fingerprint density at radius 1 is 1.04 bits per heavy atom. The minimum atomic E-state index is -3.58. The van der Waals surface area contributed by atoms with Gasteiger partial charge in [0.25, 0.3) is 5.91 Å². The Bertz CT molecular complexity index is 848. The second-order valence-electron chi connectivity index (χ2n) is 6.49. The summed E-state index contributed by atoms with van der Waals surface area (Å²) in [5.74, 6) is -0.168. The number of rotatable bonds is 7. The van der Waals surface area contributed by atoms with Gasteiger partial charge in [-0.15, -0.1) is 0 Å². The van der Waals surface area contributed by atoms with E-state index in [1.165, 1.54) is 26.2 Å². The van der Waals surface area contributed by atoms with E-state index < -0.39 is 10.0 Å². The second-order valence-corrected chi connectivity index (χ2v) is 8.64. The lowest BCUT2D eigenvalue weighted by molar-refractivity contribution is 0.0671. The maximum Gasteiger partial charge on any atom is 0.254 e. The van der Waals surface area contributed by atoms with Crippen LogP contribution in [0.4, 0.5) is 0 Å². The van der Waals surface area contributed by atoms with E-state index in [4.69, 9.17) is 0 Å². The molecular formula is C20H26N2O3S. The van der Waals surface area contributed by atoms with Crippen molar-refractivity contribution in [1.29, 1.82) is 0 Å². The fourth-order valence-electron chi connectivity index (χ4n) is 2.59. The summed E-state index contributed by atoms with van der Waals surface area (Å²) in [7, 11) is -0.627. The molecule has 0 saturated carbocycles. The Kier molecular flexibility index (Phi) is 6.56. The lowest BCUT2D eigenvalue weighted by Crippen LogP contribution is -2.38. The predicted octanol–water partition coefficient (Wildman–Crippen LogP) is 3.38. The molecular weight excluding hydrogens is 348 g/mol. The zero-order chi connectivity index (χ0) is 19.3. The topological polar surface area (TPSA) is 57.7 Å². The first-order valence-corrected chi connectivity index (χ1v) is 10.1. The van der Waals surface area contributed by atoms with Gasteiger partial charge in [-0.1, -0.05) is 43.3 Å². The number of carbonyl (C=O) groups is 1. The minimum Gasteiger partial charge on any atom is -0.332 e. The molecule has 26 heavy (non-hydrogen) atoms. The van der Waals surface area contributed by atoms with Crippen molar-refractivity contribution < 1.29 is 13.2 Å². The summed E-state index contributed by atoms with van der Waals surface area (Å²) in [5, 5.41) is 0. The van der Waals surface area contributed by atoms with Gasteiger partial charge in [0.2, 0.25) is 10.0 Å². The highest BCUT2D eigenvalue weighted by Crippen LogP contribution is 2.19. The first kappa shape index (κ1) is 20.1. The van der Waals surface area contributed by atoms with Crippen molar-refractivity contribution in [3.8, 4) is 0 Å². The lowest BCUT2D eigenvalue weighted by Gasteiger charge is -2.29. The Labute approximate surface area is 156 Å². The third-order valence-corrected chi connectivity index (χ3v) is 6.25. The molecule has 1 amide bonds. The molecule has 0 aromatic heterocycles. The second kappa shape index (κ2) is 8.47. The molecule has 2 aromatic carbocycles. The van der Waals surface area contributed by atoms with Gasteiger partial charge in [0.1, 0.15) is 0 Å². The summed E-state index contributed by atoms with van der Waals surface area (Å²) in [4.78, 5) is 15.0. The van der Waals surface area contributed by atoms with Crippen LogP contribution in [-0.4, -0.2) is 43.7 Å². The summed E-state index contributed by atoms with van der Waals surface area (Å²) in [6, 6.07) is 16.1. The molecule has 0 heterocycles. The fourth-order valence-corrected chi connectivity index (χ4v) is 3.54. The highest BCUT2D eigenvalue weighted by Gasteiger charge is 2.23. The largest absolute Gasteiger partial charge is 0.332 e. The van der Waals surface area contributed by atoms with Crippen LogP contribution < -0.4 is 0 Å². The van der Waals surface area contributed by atoms with Crippen LogP contribution in [0.1, 0.15) is 36.2 Å². The molecule has 0 radical (unpaired) electrons. The predicted molar refractivity (Wildman–Crippen MR) is 103 cm³/mol. The van der Waals surface area contributed by atoms with Crippen LogP contribution in [0.5, 0.6) is 0 Å². The van der Waals surface area contributed by atoms with E-state index in [9.17, 15) is 13.2 Å². The summed E-state index contributed by atoms with van der Waals surface area (Å²) in [5.41, 5.74) is 1.42. The SMILES string of the molecule is CC[C@H](C)N(Cc1ccccc1)C(=O)c1cccc(S(=O)(=O)N(C)C)c1. The number of sulfonamides is 1. The molecule has 2 aromatic rings. The summed E-state index contributed by atoms with van der Waals surface area (Å²) in [6.45, 7) is 4.52. The van der Waals surface area contributed by atoms with Gasteiger partial charge in [-0.3, -0.25) is 4.79 Å². The molecule has 0 aliphatic rings. The average molecular weight is 375 g/mol. The molecule has 1 atom stereocenters. The van der Waals surface area contributed by atoms with Crippen molar-refractivity contribution in [3.63, 3.8) is 0 Å². The Hall–Kier alpha value is -2.18. The molecule has 0 aliphatic heterocycles. The van der Waals surface area contributed by atoms with Crippen LogP contribution in [0.2, 0.25) is 0 Å². The van der Waals surface area contributed by atoms with Crippen molar-refractivity contribution in [2.24, 2.45) is 0 Å². The van der Waals surface area contributed by atoms with Crippen molar-refractivity contribution in [2.75, 3.05) is 14.1 Å². The third kappa shape index (κ3) is 4.51. The van der Waals surface area contributed by atoms with Gasteiger partial charge in [-0.05, 0) is 37.1 Å². The van der Waals surface area contributed by atoms with Gasteiger partial charge < -0.3 is 4.90 Å². The van der Waals surface area contributed by atoms with Crippen molar-refractivity contribution in [3.05, 3.63) is 65.7 Å². The number of nitrogens with zero attached hydrogens (tertiary/aromatic N) is 2. The molecule has 140 valence electrons. The molecule has 2 rings (SSSR count). The standard InChI is InChI=1S/C20H26N2O3S/c1-5-16(2)22(15-17-10-7-6-8-11-17)20(23)18-12-9-13-19(14-18)26(24,25)21(3)4/h6-14,16H,5,15H2,1-4H3/t16-/m0/s1. The van der Waals surface area contributed by atoms with Crippen LogP contribution >= 0.6 is 0 Å². The Morgan fingerprint density at radius 3 is 2.27 bits per heavy atom. The monoisotopic (exact) mass is 374 g/mol. The Balaban J connectivity index is 2.37. The molecule has 0 bridgehead atoms. The molecule has 0 fully saturated rings. The van der Waals surface area contributed by atoms with Crippen molar-refractivity contribution in [1.82, 2.24) is 9.21 Å². The lowest BCUT2D eigenvalue weighted by atomic mass is 10.1. The first-order chi connectivity index (χ1) is 12.3. The molecule has 0 unspecified atom stereocenters. The third-order valence-electron chi connectivity index (χ3n) is 4.44. The zero-order valence-electron chi connectivity index (χ0n) is 15.7. The van der Waals surface area contributed by atoms with E-state index in [0.717, 1.165) is 16.3 Å². The van der Waals surface area contributed by atoms with Crippen LogP contribution in [-0.2, 0) is 16.6 Å². The molecule has 6 heteroatoms. The average Bonchev–Trinajstić information content (AvgIpc) is 2.65. The number of hydrogen-bond donors (Lipinski definition) is 0. The van der Waals surface area contributed by atoms with Crippen LogP contribution in [0, 0.1) is 0 Å². The van der Waals surface area contributed by atoms with Crippen molar-refractivity contribution >= 4 is 15.9 Å². The molecule has 5 nitrogen and oxygen atoms in total. The van der Waals surface area contributed by atoms with Gasteiger partial charge in [0.15, 0.2) is 0 Å². The summed E-state index contributed by atoms with van der Waals surface area (Å²) >= 11 is 0. The number of benzene rings is 2. The van der Waals surface area contributed by atoms with Crippen LogP contribution in [0.25, 0.3) is 0 Å². The van der Waals surface area contributed by atoms with Gasteiger partial charge in [-0.2, -0.15) is 0 Å². The van der Waals surface area contributed by atoms with E-state index in [2.05, 4.69) is 0 Å². The van der Waals surface area contributed by atoms with E-state index in [0.29, 0.717) is 12.1 Å². The van der Waals surface area contributed by atoms with Gasteiger partial charge in [0.05, 0.1) is 4.90 Å². The van der Waals surface area contributed by atoms with E-state index in [1.54, 1.807) is 17.0 Å². The maximum atomic E-state index is 13.1. The first-order valence-electron chi connectivity index (χ1n) is 8.64. The normalized spacial score (nSPS) is 12.8. The summed E-state index contributed by atoms with van der Waals surface area (Å²) in [6.07, 6.45) is 0.814. The highest BCUT2D eigenvalue weighted by molar-refractivity contribution is 7.89. The number of hydrogen-bond acceptors (Lipinski definition) is 3. The van der Waals surface area contributed by atoms with E-state index in [-0.39, 0.29) is 16.8 Å². The fraction of sp³-hybridized carbons (Fsp3) is 0.350. The quantitative estimate of drug-likeness (QED) is 0.746. The molecule has 0 aliphatic carbocycles. The minimum absolute atomic E-state index is 0.0387. The van der Waals surface area contributed by atoms with E-state index in [1.807, 2.05) is 44.2 Å². The number of carbonyl (C=O) groups excluding carboxylic acids is 1.